The van der Waals surface area contributed by atoms with Crippen LogP contribution in [0.3, 0.4) is 0 Å². The van der Waals surface area contributed by atoms with E-state index < -0.39 is 6.10 Å². The Morgan fingerprint density at radius 3 is 2.54 bits per heavy atom. The van der Waals surface area contributed by atoms with Crippen molar-refractivity contribution in [2.45, 2.75) is 38.2 Å². The van der Waals surface area contributed by atoms with Gasteiger partial charge in [-0.15, -0.1) is 0 Å². The van der Waals surface area contributed by atoms with Crippen LogP contribution < -0.4 is 4.74 Å². The number of aliphatic hydroxyl groups excluding tert-OH is 1. The Hall–Kier alpha value is -2.33. The molecule has 0 aliphatic rings. The molecular weight excluding hydrogens is 304 g/mol. The Balaban J connectivity index is 1.74. The van der Waals surface area contributed by atoms with Crippen molar-refractivity contribution < 1.29 is 19.7 Å². The molecule has 0 aliphatic carbocycles. The normalized spacial score (nSPS) is 11.9. The van der Waals surface area contributed by atoms with Gasteiger partial charge in [-0.05, 0) is 42.5 Å². The molecule has 0 heterocycles. The van der Waals surface area contributed by atoms with Gasteiger partial charge in [0.05, 0.1) is 13.2 Å². The Morgan fingerprint density at radius 2 is 1.83 bits per heavy atom. The van der Waals surface area contributed by atoms with Crippen molar-refractivity contribution in [3.8, 4) is 11.5 Å². The Kier molecular flexibility index (Phi) is 6.82. The molecule has 0 saturated carbocycles. The number of methoxy groups -OCH3 is 1. The van der Waals surface area contributed by atoms with Gasteiger partial charge in [0.25, 0.3) is 0 Å². The molecule has 1 atom stereocenters. The maximum Gasteiger partial charge on any atom is 0.160 e. The number of aromatic hydroxyl groups is 1. The maximum atomic E-state index is 12.0. The summed E-state index contributed by atoms with van der Waals surface area (Å²) in [5.41, 5.74) is 2.09. The van der Waals surface area contributed by atoms with Gasteiger partial charge in [-0.2, -0.15) is 0 Å². The highest BCUT2D eigenvalue weighted by atomic mass is 16.5. The monoisotopic (exact) mass is 328 g/mol. The number of phenols is 1. The van der Waals surface area contributed by atoms with Crippen molar-refractivity contribution in [1.82, 2.24) is 0 Å². The number of carbonyl (C=O) groups excluding carboxylic acids is 1. The number of benzene rings is 2. The number of hydrogen-bond donors (Lipinski definition) is 2. The Morgan fingerprint density at radius 1 is 1.08 bits per heavy atom. The smallest absolute Gasteiger partial charge is 0.160 e. The lowest BCUT2D eigenvalue weighted by atomic mass is 10.00. The average molecular weight is 328 g/mol. The first-order valence-corrected chi connectivity index (χ1v) is 8.18. The van der Waals surface area contributed by atoms with Gasteiger partial charge in [0.2, 0.25) is 0 Å². The van der Waals surface area contributed by atoms with Gasteiger partial charge in [-0.1, -0.05) is 36.4 Å². The number of ketones is 1. The van der Waals surface area contributed by atoms with Gasteiger partial charge in [0.15, 0.2) is 11.5 Å². The fourth-order valence-corrected chi connectivity index (χ4v) is 2.61. The topological polar surface area (TPSA) is 66.8 Å². The first kappa shape index (κ1) is 18.0. The SMILES string of the molecule is COc1cc(CCC(=O)CC(O)CCc2ccccc2)ccc1O. The summed E-state index contributed by atoms with van der Waals surface area (Å²) in [5.74, 6) is 0.536. The van der Waals surface area contributed by atoms with Crippen molar-refractivity contribution in [2.24, 2.45) is 0 Å². The molecule has 0 amide bonds. The molecule has 1 unspecified atom stereocenters. The Labute approximate surface area is 142 Å². The Bertz CT molecular complexity index is 652. The van der Waals surface area contributed by atoms with E-state index in [1.807, 2.05) is 30.3 Å². The molecular formula is C20H24O4. The number of ether oxygens (including phenoxy) is 1. The van der Waals surface area contributed by atoms with Crippen molar-refractivity contribution >= 4 is 5.78 Å². The van der Waals surface area contributed by atoms with Gasteiger partial charge in [-0.3, -0.25) is 4.79 Å². The first-order chi connectivity index (χ1) is 11.6. The third-order valence-corrected chi connectivity index (χ3v) is 4.01. The van der Waals surface area contributed by atoms with Crippen molar-refractivity contribution in [2.75, 3.05) is 7.11 Å². The molecule has 0 aliphatic heterocycles. The minimum absolute atomic E-state index is 0.0441. The summed E-state index contributed by atoms with van der Waals surface area (Å²) in [6.45, 7) is 0. The molecule has 0 aromatic heterocycles. The van der Waals surface area contributed by atoms with Crippen molar-refractivity contribution in [3.63, 3.8) is 0 Å². The minimum Gasteiger partial charge on any atom is -0.504 e. The summed E-state index contributed by atoms with van der Waals surface area (Å²) < 4.78 is 5.06. The zero-order chi connectivity index (χ0) is 17.4. The molecule has 2 aromatic carbocycles. The number of Topliss-reactive ketones (excluding diaryl/α,β-unsaturated/α-hetero) is 1. The van der Waals surface area contributed by atoms with Crippen LogP contribution in [0.25, 0.3) is 0 Å². The van der Waals surface area contributed by atoms with E-state index >= 15 is 0 Å². The van der Waals surface area contributed by atoms with Crippen molar-refractivity contribution in [3.05, 3.63) is 59.7 Å². The van der Waals surface area contributed by atoms with E-state index in [4.69, 9.17) is 4.74 Å². The highest BCUT2D eigenvalue weighted by Gasteiger charge is 2.12. The predicted molar refractivity (Wildman–Crippen MR) is 93.4 cm³/mol. The zero-order valence-corrected chi connectivity index (χ0v) is 13.9. The summed E-state index contributed by atoms with van der Waals surface area (Å²) in [6, 6.07) is 15.0. The third-order valence-electron chi connectivity index (χ3n) is 4.01. The molecule has 0 saturated heterocycles. The average Bonchev–Trinajstić information content (AvgIpc) is 2.60. The van der Waals surface area contributed by atoms with E-state index in [9.17, 15) is 15.0 Å². The van der Waals surface area contributed by atoms with Crippen molar-refractivity contribution in [1.29, 1.82) is 0 Å². The van der Waals surface area contributed by atoms with Crippen LogP contribution >= 0.6 is 0 Å². The summed E-state index contributed by atoms with van der Waals surface area (Å²) in [5, 5.41) is 19.6. The summed E-state index contributed by atoms with van der Waals surface area (Å²) in [4.78, 5) is 12.0. The third kappa shape index (κ3) is 5.70. The largest absolute Gasteiger partial charge is 0.504 e. The van der Waals surface area contributed by atoms with Gasteiger partial charge < -0.3 is 14.9 Å². The molecule has 128 valence electrons. The zero-order valence-electron chi connectivity index (χ0n) is 13.9. The highest BCUT2D eigenvalue weighted by molar-refractivity contribution is 5.79. The van der Waals surface area contributed by atoms with Gasteiger partial charge in [0, 0.05) is 12.8 Å². The lowest BCUT2D eigenvalue weighted by Crippen LogP contribution is -2.14. The van der Waals surface area contributed by atoms with Crippen LogP contribution in [0.5, 0.6) is 11.5 Å². The van der Waals surface area contributed by atoms with E-state index in [1.165, 1.54) is 12.7 Å². The number of carbonyl (C=O) groups is 1. The molecule has 0 bridgehead atoms. The van der Waals surface area contributed by atoms with Gasteiger partial charge in [0.1, 0.15) is 5.78 Å². The second-order valence-corrected chi connectivity index (χ2v) is 5.93. The van der Waals surface area contributed by atoms with Crippen LogP contribution in [0.4, 0.5) is 0 Å². The lowest BCUT2D eigenvalue weighted by Gasteiger charge is -2.10. The van der Waals surface area contributed by atoms with Gasteiger partial charge >= 0.3 is 0 Å². The van der Waals surface area contributed by atoms with Crippen LogP contribution in [0.15, 0.2) is 48.5 Å². The molecule has 4 nitrogen and oxygen atoms in total. The molecule has 0 radical (unpaired) electrons. The fourth-order valence-electron chi connectivity index (χ4n) is 2.61. The van der Waals surface area contributed by atoms with Crippen LogP contribution in [0, 0.1) is 0 Å². The number of rotatable bonds is 9. The summed E-state index contributed by atoms with van der Waals surface area (Å²) >= 11 is 0. The van der Waals surface area contributed by atoms with Gasteiger partial charge in [-0.25, -0.2) is 0 Å². The van der Waals surface area contributed by atoms with Crippen LogP contribution in [-0.4, -0.2) is 29.2 Å². The molecule has 0 spiro atoms. The number of aryl methyl sites for hydroxylation is 2. The predicted octanol–water partition coefficient (Wildman–Crippen LogP) is 3.29. The minimum atomic E-state index is -0.605. The van der Waals surface area contributed by atoms with E-state index in [-0.39, 0.29) is 18.0 Å². The molecule has 24 heavy (non-hydrogen) atoms. The highest BCUT2D eigenvalue weighted by Crippen LogP contribution is 2.26. The summed E-state index contributed by atoms with van der Waals surface area (Å²) in [7, 11) is 1.49. The fraction of sp³-hybridized carbons (Fsp3) is 0.350. The maximum absolute atomic E-state index is 12.0. The molecule has 0 fully saturated rings. The first-order valence-electron chi connectivity index (χ1n) is 8.18. The second-order valence-electron chi connectivity index (χ2n) is 5.93. The van der Waals surface area contributed by atoms with E-state index in [2.05, 4.69) is 0 Å². The molecule has 2 rings (SSSR count). The summed E-state index contributed by atoms with van der Waals surface area (Å²) in [6.07, 6.45) is 1.87. The molecule has 2 N–H and O–H groups in total. The van der Waals surface area contributed by atoms with Crippen LogP contribution in [0.2, 0.25) is 0 Å². The van der Waals surface area contributed by atoms with E-state index in [0.717, 1.165) is 12.0 Å². The van der Waals surface area contributed by atoms with Crippen LogP contribution in [0.1, 0.15) is 30.4 Å². The molecule has 2 aromatic rings. The standard InChI is InChI=1S/C20H24O4/c1-24-20-13-16(9-12-19(20)23)8-11-18(22)14-17(21)10-7-15-5-3-2-4-6-15/h2-6,9,12-13,17,21,23H,7-8,10-11,14H2,1H3. The quantitative estimate of drug-likeness (QED) is 0.741. The lowest BCUT2D eigenvalue weighted by molar-refractivity contribution is -0.120. The number of aliphatic hydroxyl groups is 1. The number of phenolic OH excluding ortho intramolecular Hbond substituents is 1. The number of hydrogen-bond acceptors (Lipinski definition) is 4. The molecule has 4 heteroatoms. The van der Waals surface area contributed by atoms with E-state index in [1.54, 1.807) is 18.2 Å². The van der Waals surface area contributed by atoms with E-state index in [0.29, 0.717) is 25.0 Å². The second kappa shape index (κ2) is 9.08. The van der Waals surface area contributed by atoms with Crippen LogP contribution in [-0.2, 0) is 17.6 Å².